The van der Waals surface area contributed by atoms with E-state index in [1.807, 2.05) is 25.1 Å². The van der Waals surface area contributed by atoms with Crippen molar-refractivity contribution in [2.24, 2.45) is 0 Å². The minimum atomic E-state index is -1.02. The number of aliphatic hydroxyl groups excluding tert-OH is 1. The Bertz CT molecular complexity index is 718. The Labute approximate surface area is 141 Å². The fourth-order valence-corrected chi connectivity index (χ4v) is 2.55. The molecule has 0 spiro atoms. The maximum atomic E-state index is 13.2. The molecule has 1 amide bonds. The molecule has 0 saturated heterocycles. The van der Waals surface area contributed by atoms with Crippen LogP contribution in [-0.4, -0.2) is 30.1 Å². The molecule has 0 fully saturated rings. The van der Waals surface area contributed by atoms with Gasteiger partial charge in [0.15, 0.2) is 0 Å². The van der Waals surface area contributed by atoms with Gasteiger partial charge in [0.05, 0.1) is 19.6 Å². The van der Waals surface area contributed by atoms with Crippen molar-refractivity contribution in [3.05, 3.63) is 65.0 Å². The first kappa shape index (κ1) is 17.9. The van der Waals surface area contributed by atoms with E-state index in [0.29, 0.717) is 12.1 Å². The van der Waals surface area contributed by atoms with Crippen molar-refractivity contribution in [2.45, 2.75) is 26.0 Å². The molecular weight excluding hydrogens is 309 g/mol. The summed E-state index contributed by atoms with van der Waals surface area (Å²) in [7, 11) is 3.30. The van der Waals surface area contributed by atoms with Crippen LogP contribution in [0.15, 0.2) is 42.5 Å². The zero-order valence-corrected chi connectivity index (χ0v) is 14.1. The van der Waals surface area contributed by atoms with Crippen LogP contribution in [0.1, 0.15) is 29.2 Å². The zero-order valence-electron chi connectivity index (χ0n) is 14.1. The van der Waals surface area contributed by atoms with E-state index in [9.17, 15) is 14.3 Å². The maximum absolute atomic E-state index is 13.2. The smallest absolute Gasteiger partial charge is 0.225 e. The molecule has 1 unspecified atom stereocenters. The maximum Gasteiger partial charge on any atom is 0.225 e. The Hall–Kier alpha value is -2.40. The predicted octanol–water partition coefficient (Wildman–Crippen LogP) is 3.22. The first-order valence-electron chi connectivity index (χ1n) is 7.71. The van der Waals surface area contributed by atoms with Crippen molar-refractivity contribution in [2.75, 3.05) is 14.2 Å². The normalized spacial score (nSPS) is 11.9. The fraction of sp³-hybridized carbons (Fsp3) is 0.316. The number of amides is 1. The third kappa shape index (κ3) is 4.55. The molecule has 2 rings (SSSR count). The van der Waals surface area contributed by atoms with Crippen molar-refractivity contribution in [3.63, 3.8) is 0 Å². The van der Waals surface area contributed by atoms with Gasteiger partial charge >= 0.3 is 0 Å². The highest BCUT2D eigenvalue weighted by atomic mass is 19.1. The van der Waals surface area contributed by atoms with Gasteiger partial charge in [0.2, 0.25) is 5.91 Å². The largest absolute Gasteiger partial charge is 0.496 e. The number of rotatable bonds is 6. The summed E-state index contributed by atoms with van der Waals surface area (Å²) in [4.78, 5) is 13.8. The Morgan fingerprint density at radius 3 is 2.67 bits per heavy atom. The van der Waals surface area contributed by atoms with Gasteiger partial charge in [0, 0.05) is 13.6 Å². The second-order valence-corrected chi connectivity index (χ2v) is 5.83. The van der Waals surface area contributed by atoms with Crippen LogP contribution in [0.5, 0.6) is 5.75 Å². The fourth-order valence-electron chi connectivity index (χ4n) is 2.55. The van der Waals surface area contributed by atoms with Crippen LogP contribution in [-0.2, 0) is 11.3 Å². The molecule has 24 heavy (non-hydrogen) atoms. The molecular formula is C19H22FNO3. The number of aliphatic hydroxyl groups is 1. The van der Waals surface area contributed by atoms with Gasteiger partial charge in [0.25, 0.3) is 0 Å². The van der Waals surface area contributed by atoms with E-state index in [4.69, 9.17) is 4.74 Å². The number of aryl methyl sites for hydroxylation is 1. The summed E-state index contributed by atoms with van der Waals surface area (Å²) in [6.45, 7) is 2.37. The van der Waals surface area contributed by atoms with Crippen LogP contribution in [0.2, 0.25) is 0 Å². The molecule has 0 aliphatic heterocycles. The summed E-state index contributed by atoms with van der Waals surface area (Å²) >= 11 is 0. The highest BCUT2D eigenvalue weighted by Gasteiger charge is 2.17. The van der Waals surface area contributed by atoms with Crippen molar-refractivity contribution >= 4 is 5.91 Å². The lowest BCUT2D eigenvalue weighted by Crippen LogP contribution is -2.27. The number of methoxy groups -OCH3 is 1. The third-order valence-corrected chi connectivity index (χ3v) is 3.91. The van der Waals surface area contributed by atoms with Gasteiger partial charge < -0.3 is 14.7 Å². The lowest BCUT2D eigenvalue weighted by molar-refractivity contribution is -0.132. The molecule has 0 bridgehead atoms. The van der Waals surface area contributed by atoms with Crippen LogP contribution in [0.25, 0.3) is 0 Å². The van der Waals surface area contributed by atoms with Crippen molar-refractivity contribution in [3.8, 4) is 5.75 Å². The summed E-state index contributed by atoms with van der Waals surface area (Å²) in [5.74, 6) is 0.163. The second-order valence-electron chi connectivity index (χ2n) is 5.83. The molecule has 0 radical (unpaired) electrons. The molecule has 128 valence electrons. The van der Waals surface area contributed by atoms with Gasteiger partial charge in [-0.3, -0.25) is 4.79 Å². The minimum Gasteiger partial charge on any atom is -0.496 e. The van der Waals surface area contributed by atoms with E-state index in [1.54, 1.807) is 25.1 Å². The molecule has 4 nitrogen and oxygen atoms in total. The van der Waals surface area contributed by atoms with Crippen molar-refractivity contribution < 1.29 is 19.0 Å². The molecule has 0 aliphatic rings. The molecule has 1 atom stereocenters. The molecule has 2 aromatic rings. The average molecular weight is 331 g/mol. The summed E-state index contributed by atoms with van der Waals surface area (Å²) in [6, 6.07) is 11.4. The second kappa shape index (κ2) is 7.93. The summed E-state index contributed by atoms with van der Waals surface area (Å²) < 4.78 is 18.4. The SMILES string of the molecule is COc1ccc(CN(C)C(=O)CC(O)c2cccc(F)c2)cc1C. The topological polar surface area (TPSA) is 49.8 Å². The van der Waals surface area contributed by atoms with Crippen molar-refractivity contribution in [1.29, 1.82) is 0 Å². The average Bonchev–Trinajstić information content (AvgIpc) is 2.55. The summed E-state index contributed by atoms with van der Waals surface area (Å²) in [5, 5.41) is 10.1. The van der Waals surface area contributed by atoms with E-state index in [-0.39, 0.29) is 12.3 Å². The Morgan fingerprint density at radius 1 is 1.29 bits per heavy atom. The molecule has 5 heteroatoms. The van der Waals surface area contributed by atoms with E-state index >= 15 is 0 Å². The molecule has 0 aromatic heterocycles. The van der Waals surface area contributed by atoms with Gasteiger partial charge in [-0.05, 0) is 41.8 Å². The number of hydrogen-bond donors (Lipinski definition) is 1. The summed E-state index contributed by atoms with van der Waals surface area (Å²) in [6.07, 6.45) is -1.11. The van der Waals surface area contributed by atoms with Gasteiger partial charge in [0.1, 0.15) is 11.6 Å². The molecule has 0 heterocycles. The van der Waals surface area contributed by atoms with E-state index in [0.717, 1.165) is 16.9 Å². The van der Waals surface area contributed by atoms with Crippen LogP contribution >= 0.6 is 0 Å². The summed E-state index contributed by atoms with van der Waals surface area (Å²) in [5.41, 5.74) is 2.37. The number of halogens is 1. The van der Waals surface area contributed by atoms with Crippen LogP contribution in [0.3, 0.4) is 0 Å². The number of carbonyl (C=O) groups excluding carboxylic acids is 1. The molecule has 0 aliphatic carbocycles. The van der Waals surface area contributed by atoms with Gasteiger partial charge in [-0.2, -0.15) is 0 Å². The highest BCUT2D eigenvalue weighted by Crippen LogP contribution is 2.21. The quantitative estimate of drug-likeness (QED) is 0.884. The lowest BCUT2D eigenvalue weighted by atomic mass is 10.1. The first-order chi connectivity index (χ1) is 11.4. The lowest BCUT2D eigenvalue weighted by Gasteiger charge is -2.20. The number of hydrogen-bond acceptors (Lipinski definition) is 3. The first-order valence-corrected chi connectivity index (χ1v) is 7.71. The van der Waals surface area contributed by atoms with Crippen LogP contribution < -0.4 is 4.74 Å². The van der Waals surface area contributed by atoms with E-state index < -0.39 is 11.9 Å². The number of ether oxygens (including phenoxy) is 1. The minimum absolute atomic E-state index is 0.0882. The zero-order chi connectivity index (χ0) is 17.7. The Balaban J connectivity index is 1.98. The van der Waals surface area contributed by atoms with Gasteiger partial charge in [-0.25, -0.2) is 4.39 Å². The van der Waals surface area contributed by atoms with E-state index in [1.165, 1.54) is 18.2 Å². The Kier molecular flexibility index (Phi) is 5.93. The highest BCUT2D eigenvalue weighted by molar-refractivity contribution is 5.76. The van der Waals surface area contributed by atoms with E-state index in [2.05, 4.69) is 0 Å². The third-order valence-electron chi connectivity index (χ3n) is 3.91. The number of nitrogens with zero attached hydrogens (tertiary/aromatic N) is 1. The molecule has 0 saturated carbocycles. The van der Waals surface area contributed by atoms with Gasteiger partial charge in [-0.1, -0.05) is 24.3 Å². The van der Waals surface area contributed by atoms with Crippen LogP contribution in [0, 0.1) is 12.7 Å². The monoisotopic (exact) mass is 331 g/mol. The van der Waals surface area contributed by atoms with Crippen LogP contribution in [0.4, 0.5) is 4.39 Å². The Morgan fingerprint density at radius 2 is 2.04 bits per heavy atom. The van der Waals surface area contributed by atoms with Gasteiger partial charge in [-0.15, -0.1) is 0 Å². The standard InChI is InChI=1S/C19H22FNO3/c1-13-9-14(7-8-18(13)24-3)12-21(2)19(23)11-17(22)15-5-4-6-16(20)10-15/h4-10,17,22H,11-12H2,1-3H3. The molecule has 1 N–H and O–H groups in total. The number of carbonyl (C=O) groups is 1. The molecule has 2 aromatic carbocycles. The van der Waals surface area contributed by atoms with Crippen molar-refractivity contribution in [1.82, 2.24) is 4.90 Å². The predicted molar refractivity (Wildman–Crippen MR) is 90.2 cm³/mol. The number of benzene rings is 2.